The minimum atomic E-state index is -0.395. The molecule has 2 aromatic rings. The zero-order chi connectivity index (χ0) is 21.1. The summed E-state index contributed by atoms with van der Waals surface area (Å²) in [5.74, 6) is -1.42. The maximum atomic E-state index is 12.4. The van der Waals surface area contributed by atoms with E-state index in [2.05, 4.69) is 5.32 Å². The molecule has 1 aliphatic rings. The van der Waals surface area contributed by atoms with Crippen LogP contribution in [0, 0.1) is 13.8 Å². The van der Waals surface area contributed by atoms with E-state index in [4.69, 9.17) is 0 Å². The van der Waals surface area contributed by atoms with Crippen LogP contribution in [0.25, 0.3) is 0 Å². The Morgan fingerprint density at radius 3 is 2.03 bits per heavy atom. The zero-order valence-corrected chi connectivity index (χ0v) is 16.7. The molecule has 0 bridgehead atoms. The first-order valence-corrected chi connectivity index (χ1v) is 9.35. The number of aryl methyl sites for hydroxylation is 2. The fourth-order valence-corrected chi connectivity index (χ4v) is 3.33. The number of rotatable bonds is 6. The molecular formula is C22H23N3O4. The van der Waals surface area contributed by atoms with Gasteiger partial charge in [0.05, 0.1) is 17.7 Å². The summed E-state index contributed by atoms with van der Waals surface area (Å²) in [7, 11) is 1.52. The van der Waals surface area contributed by atoms with Crippen LogP contribution >= 0.6 is 0 Å². The highest BCUT2D eigenvalue weighted by molar-refractivity contribution is 6.21. The maximum absolute atomic E-state index is 12.4. The van der Waals surface area contributed by atoms with E-state index in [0.29, 0.717) is 11.1 Å². The summed E-state index contributed by atoms with van der Waals surface area (Å²) in [4.78, 5) is 51.8. The van der Waals surface area contributed by atoms with Crippen LogP contribution in [-0.4, -0.2) is 53.6 Å². The van der Waals surface area contributed by atoms with Gasteiger partial charge in [-0.25, -0.2) is 0 Å². The Morgan fingerprint density at radius 2 is 1.48 bits per heavy atom. The van der Waals surface area contributed by atoms with Gasteiger partial charge in [-0.1, -0.05) is 30.3 Å². The van der Waals surface area contributed by atoms with Crippen LogP contribution in [-0.2, 0) is 9.59 Å². The Labute approximate surface area is 169 Å². The number of carbonyl (C=O) groups is 4. The molecule has 1 N–H and O–H groups in total. The highest BCUT2D eigenvalue weighted by Gasteiger charge is 2.35. The fourth-order valence-electron chi connectivity index (χ4n) is 3.33. The fraction of sp³-hybridized carbons (Fsp3) is 0.273. The van der Waals surface area contributed by atoms with Crippen molar-refractivity contribution < 1.29 is 19.2 Å². The van der Waals surface area contributed by atoms with Crippen LogP contribution in [0.5, 0.6) is 0 Å². The number of fused-ring (bicyclic) bond motifs is 1. The van der Waals surface area contributed by atoms with Gasteiger partial charge in [-0.05, 0) is 37.1 Å². The minimum Gasteiger partial charge on any atom is -0.336 e. The Hall–Kier alpha value is -3.48. The molecular weight excluding hydrogens is 370 g/mol. The van der Waals surface area contributed by atoms with E-state index in [1.807, 2.05) is 32.0 Å². The third-order valence-electron chi connectivity index (χ3n) is 4.98. The first-order chi connectivity index (χ1) is 13.8. The molecule has 7 nitrogen and oxygen atoms in total. The Kier molecular flexibility index (Phi) is 5.77. The molecule has 0 fully saturated rings. The second-order valence-electron chi connectivity index (χ2n) is 7.12. The van der Waals surface area contributed by atoms with Crippen molar-refractivity contribution in [2.45, 2.75) is 20.3 Å². The van der Waals surface area contributed by atoms with Gasteiger partial charge in [-0.15, -0.1) is 0 Å². The standard InChI is InChI=1S/C22H23N3O4/c1-14-7-6-8-15(2)20(14)23-18(26)13-24(3)19(27)11-12-25-21(28)16-9-4-5-10-17(16)22(25)29/h4-10H,11-13H2,1-3H3,(H,23,26). The van der Waals surface area contributed by atoms with Crippen molar-refractivity contribution >= 4 is 29.3 Å². The van der Waals surface area contributed by atoms with Gasteiger partial charge < -0.3 is 10.2 Å². The van der Waals surface area contributed by atoms with E-state index in [1.165, 1.54) is 11.9 Å². The number of para-hydroxylation sites is 1. The van der Waals surface area contributed by atoms with Crippen molar-refractivity contribution in [3.05, 3.63) is 64.7 Å². The van der Waals surface area contributed by atoms with Crippen LogP contribution in [0.2, 0.25) is 0 Å². The molecule has 0 unspecified atom stereocenters. The number of likely N-dealkylation sites (N-methyl/N-ethyl adjacent to an activating group) is 1. The van der Waals surface area contributed by atoms with E-state index in [0.717, 1.165) is 21.7 Å². The summed E-state index contributed by atoms with van der Waals surface area (Å²) < 4.78 is 0. The molecule has 7 heteroatoms. The highest BCUT2D eigenvalue weighted by Crippen LogP contribution is 2.22. The van der Waals surface area contributed by atoms with E-state index < -0.39 is 11.8 Å². The summed E-state index contributed by atoms with van der Waals surface area (Å²) in [5, 5.41) is 2.84. The number of hydrogen-bond acceptors (Lipinski definition) is 4. The van der Waals surface area contributed by atoms with Gasteiger partial charge >= 0.3 is 0 Å². The second kappa shape index (κ2) is 8.26. The van der Waals surface area contributed by atoms with Gasteiger partial charge in [-0.2, -0.15) is 0 Å². The monoisotopic (exact) mass is 393 g/mol. The molecule has 1 heterocycles. The lowest BCUT2D eigenvalue weighted by Crippen LogP contribution is -2.38. The lowest BCUT2D eigenvalue weighted by molar-refractivity contribution is -0.133. The van der Waals surface area contributed by atoms with E-state index in [9.17, 15) is 19.2 Å². The van der Waals surface area contributed by atoms with E-state index in [1.54, 1.807) is 24.3 Å². The van der Waals surface area contributed by atoms with Crippen molar-refractivity contribution in [1.82, 2.24) is 9.80 Å². The molecule has 0 saturated heterocycles. The molecule has 0 spiro atoms. The average Bonchev–Trinajstić information content (AvgIpc) is 2.93. The normalized spacial score (nSPS) is 12.7. The average molecular weight is 393 g/mol. The molecule has 0 atom stereocenters. The summed E-state index contributed by atoms with van der Waals surface area (Å²) in [6.07, 6.45) is -0.0430. The SMILES string of the molecule is Cc1cccc(C)c1NC(=O)CN(C)C(=O)CCN1C(=O)c2ccccc2C1=O. The van der Waals surface area contributed by atoms with Crippen LogP contribution < -0.4 is 5.32 Å². The first-order valence-electron chi connectivity index (χ1n) is 9.35. The van der Waals surface area contributed by atoms with Gasteiger partial charge in [0.1, 0.15) is 0 Å². The van der Waals surface area contributed by atoms with E-state index >= 15 is 0 Å². The summed E-state index contributed by atoms with van der Waals surface area (Å²) in [5.41, 5.74) is 3.33. The number of imide groups is 1. The van der Waals surface area contributed by atoms with Crippen LogP contribution in [0.15, 0.2) is 42.5 Å². The maximum Gasteiger partial charge on any atom is 0.261 e. The minimum absolute atomic E-state index is 0.0198. The molecule has 0 aliphatic carbocycles. The molecule has 29 heavy (non-hydrogen) atoms. The van der Waals surface area contributed by atoms with Gasteiger partial charge in [-0.3, -0.25) is 24.1 Å². The number of nitrogens with one attached hydrogen (secondary N) is 1. The van der Waals surface area contributed by atoms with Crippen molar-refractivity contribution in [3.8, 4) is 0 Å². The van der Waals surface area contributed by atoms with Gasteiger partial charge in [0, 0.05) is 25.7 Å². The lowest BCUT2D eigenvalue weighted by atomic mass is 10.1. The molecule has 0 radical (unpaired) electrons. The molecule has 0 aromatic heterocycles. The topological polar surface area (TPSA) is 86.8 Å². The zero-order valence-electron chi connectivity index (χ0n) is 16.7. The number of hydrogen-bond donors (Lipinski definition) is 1. The third kappa shape index (κ3) is 4.18. The number of benzene rings is 2. The summed E-state index contributed by atoms with van der Waals surface area (Å²) >= 11 is 0. The smallest absolute Gasteiger partial charge is 0.261 e. The van der Waals surface area contributed by atoms with Gasteiger partial charge in [0.25, 0.3) is 11.8 Å². The lowest BCUT2D eigenvalue weighted by Gasteiger charge is -2.20. The predicted octanol–water partition coefficient (Wildman–Crippen LogP) is 2.39. The van der Waals surface area contributed by atoms with Crippen molar-refractivity contribution in [3.63, 3.8) is 0 Å². The quantitative estimate of drug-likeness (QED) is 0.764. The predicted molar refractivity (Wildman–Crippen MR) is 109 cm³/mol. The van der Waals surface area contributed by atoms with Crippen LogP contribution in [0.1, 0.15) is 38.3 Å². The molecule has 4 amide bonds. The molecule has 3 rings (SSSR count). The summed E-state index contributed by atoms with van der Waals surface area (Å²) in [6, 6.07) is 12.3. The van der Waals surface area contributed by atoms with E-state index in [-0.39, 0.29) is 31.3 Å². The van der Waals surface area contributed by atoms with Crippen LogP contribution in [0.4, 0.5) is 5.69 Å². The van der Waals surface area contributed by atoms with Crippen molar-refractivity contribution in [1.29, 1.82) is 0 Å². The third-order valence-corrected chi connectivity index (χ3v) is 4.98. The largest absolute Gasteiger partial charge is 0.336 e. The first kappa shape index (κ1) is 20.3. The molecule has 1 aliphatic heterocycles. The number of anilines is 1. The van der Waals surface area contributed by atoms with Crippen LogP contribution in [0.3, 0.4) is 0 Å². The summed E-state index contributed by atoms with van der Waals surface area (Å²) in [6.45, 7) is 3.67. The highest BCUT2D eigenvalue weighted by atomic mass is 16.2. The van der Waals surface area contributed by atoms with Gasteiger partial charge in [0.2, 0.25) is 11.8 Å². The molecule has 0 saturated carbocycles. The van der Waals surface area contributed by atoms with Crippen molar-refractivity contribution in [2.24, 2.45) is 0 Å². The second-order valence-corrected chi connectivity index (χ2v) is 7.12. The van der Waals surface area contributed by atoms with Gasteiger partial charge in [0.15, 0.2) is 0 Å². The number of nitrogens with zero attached hydrogens (tertiary/aromatic N) is 2. The number of amides is 4. The Balaban J connectivity index is 1.54. The Bertz CT molecular complexity index is 944. The number of carbonyl (C=O) groups excluding carboxylic acids is 4. The molecule has 150 valence electrons. The molecule has 2 aromatic carbocycles. The van der Waals surface area contributed by atoms with Crippen molar-refractivity contribution in [2.75, 3.05) is 25.5 Å². The Morgan fingerprint density at radius 1 is 0.931 bits per heavy atom.